The molecular weight excluding hydrogens is 271 g/mol. The topological polar surface area (TPSA) is 12.0 Å². The molecule has 0 fully saturated rings. The maximum absolute atomic E-state index is 13.0. The highest BCUT2D eigenvalue weighted by Gasteiger charge is 2.02. The van der Waals surface area contributed by atoms with Crippen molar-refractivity contribution in [2.75, 3.05) is 17.6 Å². The maximum Gasteiger partial charge on any atom is 0.159 e. The SMILES string of the molecule is Fc1cccc(NCCSc2ccc(F)c(F)c2)c1. The minimum Gasteiger partial charge on any atom is -0.384 e. The predicted octanol–water partition coefficient (Wildman–Crippen LogP) is 4.31. The van der Waals surface area contributed by atoms with Crippen molar-refractivity contribution in [2.24, 2.45) is 0 Å². The molecular formula is C14H12F3NS. The molecule has 2 aromatic rings. The Kier molecular flexibility index (Phi) is 4.74. The van der Waals surface area contributed by atoms with E-state index in [4.69, 9.17) is 0 Å². The molecule has 100 valence electrons. The van der Waals surface area contributed by atoms with Gasteiger partial charge in [0.1, 0.15) is 5.82 Å². The van der Waals surface area contributed by atoms with E-state index in [1.54, 1.807) is 12.1 Å². The Bertz CT molecular complexity index is 560. The van der Waals surface area contributed by atoms with Crippen LogP contribution in [0.5, 0.6) is 0 Å². The number of hydrogen-bond donors (Lipinski definition) is 1. The van der Waals surface area contributed by atoms with Gasteiger partial charge in [-0.15, -0.1) is 11.8 Å². The summed E-state index contributed by atoms with van der Waals surface area (Å²) in [6.07, 6.45) is 0. The molecule has 0 aromatic heterocycles. The molecule has 0 radical (unpaired) electrons. The van der Waals surface area contributed by atoms with E-state index >= 15 is 0 Å². The third-order valence-electron chi connectivity index (χ3n) is 2.42. The lowest BCUT2D eigenvalue weighted by Gasteiger charge is -2.06. The van der Waals surface area contributed by atoms with Crippen LogP contribution in [0.25, 0.3) is 0 Å². The summed E-state index contributed by atoms with van der Waals surface area (Å²) in [5.74, 6) is -1.31. The Balaban J connectivity index is 1.79. The summed E-state index contributed by atoms with van der Waals surface area (Å²) >= 11 is 1.40. The summed E-state index contributed by atoms with van der Waals surface area (Å²) in [5.41, 5.74) is 0.700. The van der Waals surface area contributed by atoms with E-state index in [9.17, 15) is 13.2 Å². The molecule has 2 aromatic carbocycles. The standard InChI is InChI=1S/C14H12F3NS/c15-10-2-1-3-11(8-10)18-6-7-19-12-4-5-13(16)14(17)9-12/h1-5,8-9,18H,6-7H2. The lowest BCUT2D eigenvalue weighted by molar-refractivity contribution is 0.506. The van der Waals surface area contributed by atoms with Crippen molar-refractivity contribution >= 4 is 17.4 Å². The van der Waals surface area contributed by atoms with Crippen molar-refractivity contribution in [3.63, 3.8) is 0 Å². The Hall–Kier alpha value is -1.62. The van der Waals surface area contributed by atoms with Gasteiger partial charge >= 0.3 is 0 Å². The average Bonchev–Trinajstić information content (AvgIpc) is 2.39. The van der Waals surface area contributed by atoms with E-state index in [0.717, 1.165) is 6.07 Å². The minimum absolute atomic E-state index is 0.293. The van der Waals surface area contributed by atoms with Crippen molar-refractivity contribution in [3.05, 3.63) is 59.9 Å². The Morgan fingerprint density at radius 3 is 2.53 bits per heavy atom. The largest absolute Gasteiger partial charge is 0.384 e. The number of thioether (sulfide) groups is 1. The van der Waals surface area contributed by atoms with E-state index in [-0.39, 0.29) is 5.82 Å². The number of anilines is 1. The van der Waals surface area contributed by atoms with Crippen LogP contribution < -0.4 is 5.32 Å². The highest BCUT2D eigenvalue weighted by Crippen LogP contribution is 2.20. The Morgan fingerprint density at radius 1 is 0.947 bits per heavy atom. The van der Waals surface area contributed by atoms with Gasteiger partial charge in [-0.25, -0.2) is 13.2 Å². The van der Waals surface area contributed by atoms with Gasteiger partial charge in [0.25, 0.3) is 0 Å². The van der Waals surface area contributed by atoms with Crippen LogP contribution >= 0.6 is 11.8 Å². The summed E-state index contributed by atoms with van der Waals surface area (Å²) < 4.78 is 38.6. The maximum atomic E-state index is 13.0. The van der Waals surface area contributed by atoms with Crippen LogP contribution in [0.4, 0.5) is 18.9 Å². The molecule has 0 heterocycles. The first-order valence-corrected chi connectivity index (χ1v) is 6.71. The number of hydrogen-bond acceptors (Lipinski definition) is 2. The van der Waals surface area contributed by atoms with Crippen LogP contribution in [0.3, 0.4) is 0 Å². The second kappa shape index (κ2) is 6.52. The van der Waals surface area contributed by atoms with Gasteiger partial charge < -0.3 is 5.32 Å². The van der Waals surface area contributed by atoms with E-state index in [1.165, 1.54) is 36.0 Å². The predicted molar refractivity (Wildman–Crippen MR) is 72.0 cm³/mol. The second-order valence-electron chi connectivity index (χ2n) is 3.86. The van der Waals surface area contributed by atoms with Crippen LogP contribution in [0.1, 0.15) is 0 Å². The van der Waals surface area contributed by atoms with Crippen molar-refractivity contribution in [1.29, 1.82) is 0 Å². The molecule has 5 heteroatoms. The molecule has 0 bridgehead atoms. The molecule has 1 N–H and O–H groups in total. The number of rotatable bonds is 5. The van der Waals surface area contributed by atoms with Crippen LogP contribution in [0, 0.1) is 17.5 Å². The van der Waals surface area contributed by atoms with Gasteiger partial charge in [0.2, 0.25) is 0 Å². The molecule has 0 amide bonds. The first-order chi connectivity index (χ1) is 9.15. The monoisotopic (exact) mass is 283 g/mol. The number of halogens is 3. The first-order valence-electron chi connectivity index (χ1n) is 5.72. The quantitative estimate of drug-likeness (QED) is 0.648. The Morgan fingerprint density at radius 2 is 1.79 bits per heavy atom. The second-order valence-corrected chi connectivity index (χ2v) is 5.03. The van der Waals surface area contributed by atoms with Gasteiger partial charge in [-0.1, -0.05) is 6.07 Å². The fraction of sp³-hybridized carbons (Fsp3) is 0.143. The van der Waals surface area contributed by atoms with Crippen molar-refractivity contribution in [1.82, 2.24) is 0 Å². The molecule has 1 nitrogen and oxygen atoms in total. The third-order valence-corrected chi connectivity index (χ3v) is 3.41. The highest BCUT2D eigenvalue weighted by molar-refractivity contribution is 7.99. The van der Waals surface area contributed by atoms with Crippen LogP contribution in [0.2, 0.25) is 0 Å². The molecule has 0 atom stereocenters. The lowest BCUT2D eigenvalue weighted by Crippen LogP contribution is -2.04. The Labute approximate surface area is 113 Å². The molecule has 0 saturated carbocycles. The van der Waals surface area contributed by atoms with Crippen LogP contribution in [-0.2, 0) is 0 Å². The zero-order chi connectivity index (χ0) is 13.7. The van der Waals surface area contributed by atoms with Crippen molar-refractivity contribution < 1.29 is 13.2 Å². The third kappa shape index (κ3) is 4.21. The molecule has 0 aliphatic rings. The van der Waals surface area contributed by atoms with Crippen LogP contribution in [0.15, 0.2) is 47.4 Å². The normalized spacial score (nSPS) is 10.5. The number of nitrogens with one attached hydrogen (secondary N) is 1. The molecule has 0 aliphatic heterocycles. The summed E-state index contributed by atoms with van der Waals surface area (Å²) in [6, 6.07) is 9.99. The van der Waals surface area contributed by atoms with Crippen molar-refractivity contribution in [2.45, 2.75) is 4.90 Å². The van der Waals surface area contributed by atoms with E-state index in [0.29, 0.717) is 22.9 Å². The van der Waals surface area contributed by atoms with E-state index < -0.39 is 11.6 Å². The average molecular weight is 283 g/mol. The first kappa shape index (κ1) is 13.8. The summed E-state index contributed by atoms with van der Waals surface area (Å²) in [7, 11) is 0. The smallest absolute Gasteiger partial charge is 0.159 e. The van der Waals surface area contributed by atoms with Gasteiger partial charge in [-0.2, -0.15) is 0 Å². The zero-order valence-electron chi connectivity index (χ0n) is 10.00. The molecule has 0 aliphatic carbocycles. The fourth-order valence-electron chi connectivity index (χ4n) is 1.53. The van der Waals surface area contributed by atoms with Gasteiger partial charge in [-0.3, -0.25) is 0 Å². The highest BCUT2D eigenvalue weighted by atomic mass is 32.2. The molecule has 2 rings (SSSR count). The number of benzene rings is 2. The van der Waals surface area contributed by atoms with Gasteiger partial charge in [0, 0.05) is 22.9 Å². The van der Waals surface area contributed by atoms with Gasteiger partial charge in [-0.05, 0) is 36.4 Å². The zero-order valence-corrected chi connectivity index (χ0v) is 10.8. The summed E-state index contributed by atoms with van der Waals surface area (Å²) in [6.45, 7) is 0.604. The summed E-state index contributed by atoms with van der Waals surface area (Å²) in [4.78, 5) is 0.667. The van der Waals surface area contributed by atoms with Gasteiger partial charge in [0.05, 0.1) is 0 Å². The lowest BCUT2D eigenvalue weighted by atomic mass is 10.3. The van der Waals surface area contributed by atoms with Crippen molar-refractivity contribution in [3.8, 4) is 0 Å². The van der Waals surface area contributed by atoms with E-state index in [2.05, 4.69) is 5.32 Å². The fourth-order valence-corrected chi connectivity index (χ4v) is 2.32. The molecule has 0 saturated heterocycles. The molecule has 19 heavy (non-hydrogen) atoms. The van der Waals surface area contributed by atoms with Crippen LogP contribution in [-0.4, -0.2) is 12.3 Å². The minimum atomic E-state index is -0.845. The molecule has 0 spiro atoms. The van der Waals surface area contributed by atoms with E-state index in [1.807, 2.05) is 0 Å². The summed E-state index contributed by atoms with van der Waals surface area (Å²) in [5, 5.41) is 3.05. The molecule has 0 unspecified atom stereocenters. The van der Waals surface area contributed by atoms with Gasteiger partial charge in [0.15, 0.2) is 11.6 Å².